The van der Waals surface area contributed by atoms with Crippen LogP contribution in [0.25, 0.3) is 0 Å². The highest BCUT2D eigenvalue weighted by Gasteiger charge is 2.31. The number of hydrogen-bond acceptors (Lipinski definition) is 3. The Morgan fingerprint density at radius 2 is 1.80 bits per heavy atom. The Labute approximate surface area is 117 Å². The first-order chi connectivity index (χ1) is 9.41. The summed E-state index contributed by atoms with van der Waals surface area (Å²) in [5, 5.41) is 3.18. The molecule has 1 aromatic rings. The molecule has 0 aliphatic carbocycles. The second kappa shape index (κ2) is 6.01. The van der Waals surface area contributed by atoms with Crippen LogP contribution >= 0.6 is 0 Å². The van der Waals surface area contributed by atoms with Crippen LogP contribution < -0.4 is 10.2 Å². The van der Waals surface area contributed by atoms with Gasteiger partial charge in [-0.25, -0.2) is 0 Å². The van der Waals surface area contributed by atoms with Crippen molar-refractivity contribution in [3.8, 4) is 0 Å². The first kappa shape index (κ1) is 15.1. The fraction of sp³-hybridized carbons (Fsp3) is 0.571. The smallest absolute Gasteiger partial charge is 0.369 e. The molecule has 1 N–H and O–H groups in total. The third kappa shape index (κ3) is 3.43. The van der Waals surface area contributed by atoms with Gasteiger partial charge in [0.15, 0.2) is 0 Å². The second-order valence-electron chi connectivity index (χ2n) is 5.04. The molecule has 0 saturated carbocycles. The molecule has 1 atom stereocenters. The van der Waals surface area contributed by atoms with Crippen LogP contribution in [-0.2, 0) is 6.18 Å². The van der Waals surface area contributed by atoms with E-state index in [0.29, 0.717) is 11.9 Å². The molecule has 1 heterocycles. The number of nitrogens with one attached hydrogen (secondary N) is 1. The molecule has 1 unspecified atom stereocenters. The number of halogens is 3. The zero-order valence-electron chi connectivity index (χ0n) is 11.7. The first-order valence-corrected chi connectivity index (χ1v) is 6.75. The van der Waals surface area contributed by atoms with E-state index < -0.39 is 11.7 Å². The zero-order chi connectivity index (χ0) is 14.8. The van der Waals surface area contributed by atoms with Gasteiger partial charge in [0.05, 0.1) is 11.7 Å². The number of hydrogen-bond donors (Lipinski definition) is 1. The SMILES string of the molecule is CNC(C)N1CCN(c2cccc(C(F)(F)F)c2)CC1. The van der Waals surface area contributed by atoms with Crippen molar-refractivity contribution in [3.05, 3.63) is 29.8 Å². The van der Waals surface area contributed by atoms with Crippen molar-refractivity contribution >= 4 is 5.69 Å². The highest BCUT2D eigenvalue weighted by molar-refractivity contribution is 5.49. The molecule has 1 fully saturated rings. The fourth-order valence-electron chi connectivity index (χ4n) is 2.43. The van der Waals surface area contributed by atoms with Gasteiger partial charge < -0.3 is 10.2 Å². The van der Waals surface area contributed by atoms with Gasteiger partial charge in [-0.1, -0.05) is 6.07 Å². The Morgan fingerprint density at radius 1 is 1.15 bits per heavy atom. The molecule has 0 bridgehead atoms. The van der Waals surface area contributed by atoms with E-state index in [2.05, 4.69) is 17.1 Å². The molecule has 20 heavy (non-hydrogen) atoms. The van der Waals surface area contributed by atoms with Gasteiger partial charge >= 0.3 is 6.18 Å². The highest BCUT2D eigenvalue weighted by atomic mass is 19.4. The van der Waals surface area contributed by atoms with Crippen LogP contribution in [0.4, 0.5) is 18.9 Å². The molecule has 1 saturated heterocycles. The molecule has 1 aliphatic heterocycles. The fourth-order valence-corrected chi connectivity index (χ4v) is 2.43. The summed E-state index contributed by atoms with van der Waals surface area (Å²) in [6, 6.07) is 5.56. The summed E-state index contributed by atoms with van der Waals surface area (Å²) in [5.41, 5.74) is 0.0672. The first-order valence-electron chi connectivity index (χ1n) is 6.75. The number of nitrogens with zero attached hydrogens (tertiary/aromatic N) is 2. The van der Waals surface area contributed by atoms with Crippen LogP contribution in [0.15, 0.2) is 24.3 Å². The lowest BCUT2D eigenvalue weighted by Crippen LogP contribution is -2.53. The van der Waals surface area contributed by atoms with Crippen LogP contribution in [0.3, 0.4) is 0 Å². The van der Waals surface area contributed by atoms with Gasteiger partial charge in [-0.2, -0.15) is 13.2 Å². The van der Waals surface area contributed by atoms with E-state index >= 15 is 0 Å². The number of anilines is 1. The molecule has 6 heteroatoms. The molecule has 3 nitrogen and oxygen atoms in total. The number of alkyl halides is 3. The van der Waals surface area contributed by atoms with Crippen molar-refractivity contribution in [3.63, 3.8) is 0 Å². The maximum Gasteiger partial charge on any atom is 0.416 e. The van der Waals surface area contributed by atoms with Gasteiger partial charge in [-0.15, -0.1) is 0 Å². The third-order valence-corrected chi connectivity index (χ3v) is 3.82. The average molecular weight is 287 g/mol. The Hall–Kier alpha value is -1.27. The van der Waals surface area contributed by atoms with Crippen LogP contribution in [-0.4, -0.2) is 44.3 Å². The van der Waals surface area contributed by atoms with Crippen molar-refractivity contribution in [2.24, 2.45) is 0 Å². The number of piperazine rings is 1. The molecular weight excluding hydrogens is 267 g/mol. The quantitative estimate of drug-likeness (QED) is 0.921. The summed E-state index contributed by atoms with van der Waals surface area (Å²) in [6.45, 7) is 5.26. The summed E-state index contributed by atoms with van der Waals surface area (Å²) < 4.78 is 38.1. The topological polar surface area (TPSA) is 18.5 Å². The molecule has 0 aromatic heterocycles. The largest absolute Gasteiger partial charge is 0.416 e. The molecule has 1 aromatic carbocycles. The Morgan fingerprint density at radius 3 is 2.35 bits per heavy atom. The summed E-state index contributed by atoms with van der Waals surface area (Å²) in [5.74, 6) is 0. The van der Waals surface area contributed by atoms with Gasteiger partial charge in [0, 0.05) is 31.9 Å². The van der Waals surface area contributed by atoms with Gasteiger partial charge in [0.25, 0.3) is 0 Å². The number of benzene rings is 1. The minimum Gasteiger partial charge on any atom is -0.369 e. The van der Waals surface area contributed by atoms with Crippen LogP contribution in [0.5, 0.6) is 0 Å². The van der Waals surface area contributed by atoms with E-state index in [1.54, 1.807) is 6.07 Å². The Balaban J connectivity index is 2.04. The predicted octanol–water partition coefficient (Wildman–Crippen LogP) is 2.39. The predicted molar refractivity (Wildman–Crippen MR) is 73.8 cm³/mol. The molecule has 112 valence electrons. The van der Waals surface area contributed by atoms with Crippen molar-refractivity contribution in [1.29, 1.82) is 0 Å². The van der Waals surface area contributed by atoms with Gasteiger partial charge in [-0.05, 0) is 32.2 Å². The highest BCUT2D eigenvalue weighted by Crippen LogP contribution is 2.31. The monoisotopic (exact) mass is 287 g/mol. The van der Waals surface area contributed by atoms with Gasteiger partial charge in [-0.3, -0.25) is 4.90 Å². The third-order valence-electron chi connectivity index (χ3n) is 3.82. The molecule has 2 rings (SSSR count). The minimum absolute atomic E-state index is 0.290. The number of rotatable bonds is 3. The average Bonchev–Trinajstić information content (AvgIpc) is 2.46. The molecule has 1 aliphatic rings. The van der Waals surface area contributed by atoms with E-state index in [9.17, 15) is 13.2 Å². The van der Waals surface area contributed by atoms with Gasteiger partial charge in [0.2, 0.25) is 0 Å². The van der Waals surface area contributed by atoms with Crippen molar-refractivity contribution in [2.45, 2.75) is 19.3 Å². The van der Waals surface area contributed by atoms with E-state index in [1.165, 1.54) is 12.1 Å². The Bertz CT molecular complexity index is 440. The molecule has 0 radical (unpaired) electrons. The van der Waals surface area contributed by atoms with Crippen molar-refractivity contribution < 1.29 is 13.2 Å². The zero-order valence-corrected chi connectivity index (χ0v) is 11.7. The van der Waals surface area contributed by atoms with E-state index in [-0.39, 0.29) is 0 Å². The van der Waals surface area contributed by atoms with E-state index in [4.69, 9.17) is 0 Å². The summed E-state index contributed by atoms with van der Waals surface area (Å²) in [4.78, 5) is 4.29. The second-order valence-corrected chi connectivity index (χ2v) is 5.04. The standard InChI is InChI=1S/C14H20F3N3/c1-11(18-2)19-6-8-20(9-7-19)13-5-3-4-12(10-13)14(15,16)17/h3-5,10-11,18H,6-9H2,1-2H3. The van der Waals surface area contributed by atoms with Crippen molar-refractivity contribution in [1.82, 2.24) is 10.2 Å². The summed E-state index contributed by atoms with van der Waals surface area (Å²) in [6.07, 6.45) is -3.99. The lowest BCUT2D eigenvalue weighted by Gasteiger charge is -2.39. The van der Waals surface area contributed by atoms with Crippen molar-refractivity contribution in [2.75, 3.05) is 38.1 Å². The van der Waals surface area contributed by atoms with E-state index in [1.807, 2.05) is 11.9 Å². The summed E-state index contributed by atoms with van der Waals surface area (Å²) >= 11 is 0. The normalized spacial score (nSPS) is 19.1. The van der Waals surface area contributed by atoms with Crippen LogP contribution in [0.2, 0.25) is 0 Å². The summed E-state index contributed by atoms with van der Waals surface area (Å²) in [7, 11) is 1.91. The maximum absolute atomic E-state index is 12.7. The molecule has 0 spiro atoms. The lowest BCUT2D eigenvalue weighted by atomic mass is 10.1. The van der Waals surface area contributed by atoms with Gasteiger partial charge in [0.1, 0.15) is 0 Å². The molecule has 0 amide bonds. The van der Waals surface area contributed by atoms with E-state index in [0.717, 1.165) is 32.2 Å². The molecular formula is C14H20F3N3. The minimum atomic E-state index is -4.28. The Kier molecular flexibility index (Phi) is 4.55. The maximum atomic E-state index is 12.7. The van der Waals surface area contributed by atoms with Crippen LogP contribution in [0, 0.1) is 0 Å². The van der Waals surface area contributed by atoms with Crippen LogP contribution in [0.1, 0.15) is 12.5 Å². The lowest BCUT2D eigenvalue weighted by molar-refractivity contribution is -0.137.